The molecule has 15 heavy (non-hydrogen) atoms. The molecular weight excluding hydrogens is 192 g/mol. The quantitative estimate of drug-likeness (QED) is 0.780. The largest absolute Gasteiger partial charge is 0.496 e. The van der Waals surface area contributed by atoms with Crippen LogP contribution in [0.5, 0.6) is 5.75 Å². The van der Waals surface area contributed by atoms with Gasteiger partial charge in [-0.1, -0.05) is 12.1 Å². The molecule has 0 aliphatic heterocycles. The minimum absolute atomic E-state index is 0.349. The number of hydrogen-bond acceptors (Lipinski definition) is 4. The van der Waals surface area contributed by atoms with Gasteiger partial charge in [-0.25, -0.2) is 4.98 Å². The van der Waals surface area contributed by atoms with Gasteiger partial charge in [0, 0.05) is 0 Å². The van der Waals surface area contributed by atoms with Crippen LogP contribution < -0.4 is 10.5 Å². The summed E-state index contributed by atoms with van der Waals surface area (Å²) >= 11 is 0. The Morgan fingerprint density at radius 3 is 2.87 bits per heavy atom. The number of nitrogens with two attached hydrogens (primary N) is 1. The second kappa shape index (κ2) is 4.10. The Bertz CT molecular complexity index is 452. The standard InChI is InChI=1S/C10H12N4O/c1-15-8-5-3-2-4-7(8)10-12-9(6-11)13-14-10/h2-5H,6,11H2,1H3,(H,12,13,14). The molecule has 1 aromatic carbocycles. The fourth-order valence-corrected chi connectivity index (χ4v) is 1.34. The number of aromatic nitrogens is 3. The summed E-state index contributed by atoms with van der Waals surface area (Å²) in [5, 5.41) is 6.83. The summed E-state index contributed by atoms with van der Waals surface area (Å²) in [5.74, 6) is 2.02. The van der Waals surface area contributed by atoms with Gasteiger partial charge in [0.05, 0.1) is 19.2 Å². The molecule has 2 rings (SSSR count). The number of ether oxygens (including phenoxy) is 1. The van der Waals surface area contributed by atoms with Gasteiger partial charge >= 0.3 is 0 Å². The van der Waals surface area contributed by atoms with E-state index < -0.39 is 0 Å². The number of nitrogens with one attached hydrogen (secondary N) is 1. The van der Waals surface area contributed by atoms with Gasteiger partial charge in [-0.15, -0.1) is 0 Å². The molecule has 3 N–H and O–H groups in total. The highest BCUT2D eigenvalue weighted by Crippen LogP contribution is 2.26. The average Bonchev–Trinajstić information content (AvgIpc) is 2.77. The van der Waals surface area contributed by atoms with Crippen LogP contribution in [-0.2, 0) is 6.54 Å². The first-order valence-corrected chi connectivity index (χ1v) is 4.60. The van der Waals surface area contributed by atoms with Crippen molar-refractivity contribution in [2.75, 3.05) is 7.11 Å². The fraction of sp³-hybridized carbons (Fsp3) is 0.200. The van der Waals surface area contributed by atoms with Crippen molar-refractivity contribution in [1.29, 1.82) is 0 Å². The van der Waals surface area contributed by atoms with Crippen LogP contribution in [0.3, 0.4) is 0 Å². The SMILES string of the molecule is COc1ccccc1-c1n[nH]c(CN)n1. The molecule has 5 heteroatoms. The van der Waals surface area contributed by atoms with Gasteiger partial charge in [0.25, 0.3) is 0 Å². The highest BCUT2D eigenvalue weighted by atomic mass is 16.5. The van der Waals surface area contributed by atoms with E-state index in [0.717, 1.165) is 11.3 Å². The second-order valence-corrected chi connectivity index (χ2v) is 3.01. The molecule has 1 heterocycles. The Labute approximate surface area is 87.3 Å². The zero-order valence-corrected chi connectivity index (χ0v) is 8.40. The first-order chi connectivity index (χ1) is 7.35. The number of nitrogens with zero attached hydrogens (tertiary/aromatic N) is 2. The summed E-state index contributed by atoms with van der Waals surface area (Å²) in [6.07, 6.45) is 0. The van der Waals surface area contributed by atoms with Gasteiger partial charge in [-0.05, 0) is 12.1 Å². The van der Waals surface area contributed by atoms with Gasteiger partial charge in [-0.3, -0.25) is 5.10 Å². The lowest BCUT2D eigenvalue weighted by molar-refractivity contribution is 0.416. The molecule has 0 unspecified atom stereocenters. The molecule has 0 fully saturated rings. The first-order valence-electron chi connectivity index (χ1n) is 4.60. The van der Waals surface area contributed by atoms with E-state index in [1.165, 1.54) is 0 Å². The molecule has 0 atom stereocenters. The van der Waals surface area contributed by atoms with Crippen molar-refractivity contribution < 1.29 is 4.74 Å². The Balaban J connectivity index is 2.44. The van der Waals surface area contributed by atoms with Crippen molar-refractivity contribution >= 4 is 0 Å². The second-order valence-electron chi connectivity index (χ2n) is 3.01. The van der Waals surface area contributed by atoms with Crippen LogP contribution in [0.25, 0.3) is 11.4 Å². The topological polar surface area (TPSA) is 76.8 Å². The van der Waals surface area contributed by atoms with Crippen LogP contribution in [0.1, 0.15) is 5.82 Å². The van der Waals surface area contributed by atoms with Gasteiger partial charge in [0.2, 0.25) is 0 Å². The highest BCUT2D eigenvalue weighted by molar-refractivity contribution is 5.63. The van der Waals surface area contributed by atoms with E-state index in [-0.39, 0.29) is 0 Å². The van der Waals surface area contributed by atoms with Crippen LogP contribution in [0, 0.1) is 0 Å². The molecule has 1 aromatic heterocycles. The molecule has 0 saturated carbocycles. The maximum atomic E-state index is 5.45. The zero-order valence-electron chi connectivity index (χ0n) is 8.40. The minimum Gasteiger partial charge on any atom is -0.496 e. The fourth-order valence-electron chi connectivity index (χ4n) is 1.34. The van der Waals surface area contributed by atoms with E-state index in [9.17, 15) is 0 Å². The van der Waals surface area contributed by atoms with E-state index in [0.29, 0.717) is 18.2 Å². The molecule has 0 aliphatic carbocycles. The number of benzene rings is 1. The molecule has 5 nitrogen and oxygen atoms in total. The molecule has 78 valence electrons. The van der Waals surface area contributed by atoms with Crippen LogP contribution in [0.15, 0.2) is 24.3 Å². The maximum Gasteiger partial charge on any atom is 0.184 e. The Morgan fingerprint density at radius 1 is 1.40 bits per heavy atom. The van der Waals surface area contributed by atoms with Gasteiger partial charge in [-0.2, -0.15) is 5.10 Å². The molecule has 0 spiro atoms. The van der Waals surface area contributed by atoms with E-state index >= 15 is 0 Å². The van der Waals surface area contributed by atoms with E-state index in [2.05, 4.69) is 15.2 Å². The lowest BCUT2D eigenvalue weighted by atomic mass is 10.2. The Kier molecular flexibility index (Phi) is 2.64. The maximum absolute atomic E-state index is 5.45. The third kappa shape index (κ3) is 1.82. The minimum atomic E-state index is 0.349. The predicted molar refractivity (Wildman–Crippen MR) is 56.3 cm³/mol. The summed E-state index contributed by atoms with van der Waals surface area (Å²) in [6.45, 7) is 0.349. The summed E-state index contributed by atoms with van der Waals surface area (Å²) < 4.78 is 5.22. The molecule has 2 aromatic rings. The zero-order chi connectivity index (χ0) is 10.7. The summed E-state index contributed by atoms with van der Waals surface area (Å²) in [4.78, 5) is 4.24. The number of methoxy groups -OCH3 is 1. The number of para-hydroxylation sites is 1. The molecule has 0 saturated heterocycles. The van der Waals surface area contributed by atoms with Crippen molar-refractivity contribution in [2.45, 2.75) is 6.54 Å². The summed E-state index contributed by atoms with van der Waals surface area (Å²) in [6, 6.07) is 7.59. The third-order valence-electron chi connectivity index (χ3n) is 2.07. The monoisotopic (exact) mass is 204 g/mol. The molecular formula is C10H12N4O. The number of rotatable bonds is 3. The van der Waals surface area contributed by atoms with Crippen molar-refractivity contribution in [3.8, 4) is 17.1 Å². The third-order valence-corrected chi connectivity index (χ3v) is 2.07. The number of hydrogen-bond donors (Lipinski definition) is 2. The first kappa shape index (κ1) is 9.67. The Hall–Kier alpha value is -1.88. The predicted octanol–water partition coefficient (Wildman–Crippen LogP) is 0.939. The van der Waals surface area contributed by atoms with E-state index in [1.54, 1.807) is 7.11 Å². The van der Waals surface area contributed by atoms with Crippen molar-refractivity contribution in [3.05, 3.63) is 30.1 Å². The van der Waals surface area contributed by atoms with Gasteiger partial charge in [0.1, 0.15) is 11.6 Å². The summed E-state index contributed by atoms with van der Waals surface area (Å²) in [7, 11) is 1.62. The van der Waals surface area contributed by atoms with Crippen molar-refractivity contribution in [2.24, 2.45) is 5.73 Å². The Morgan fingerprint density at radius 2 is 2.20 bits per heavy atom. The lowest BCUT2D eigenvalue weighted by Crippen LogP contribution is -1.98. The van der Waals surface area contributed by atoms with Crippen LogP contribution in [0.4, 0.5) is 0 Å². The number of H-pyrrole nitrogens is 1. The van der Waals surface area contributed by atoms with E-state index in [4.69, 9.17) is 10.5 Å². The van der Waals surface area contributed by atoms with Crippen LogP contribution >= 0.6 is 0 Å². The molecule has 0 bridgehead atoms. The highest BCUT2D eigenvalue weighted by Gasteiger charge is 2.09. The van der Waals surface area contributed by atoms with Crippen molar-refractivity contribution in [1.82, 2.24) is 15.2 Å². The lowest BCUT2D eigenvalue weighted by Gasteiger charge is -2.03. The average molecular weight is 204 g/mol. The van der Waals surface area contributed by atoms with Crippen LogP contribution in [-0.4, -0.2) is 22.3 Å². The van der Waals surface area contributed by atoms with Gasteiger partial charge in [0.15, 0.2) is 5.82 Å². The molecule has 0 radical (unpaired) electrons. The smallest absolute Gasteiger partial charge is 0.184 e. The van der Waals surface area contributed by atoms with E-state index in [1.807, 2.05) is 24.3 Å². The summed E-state index contributed by atoms with van der Waals surface area (Å²) in [5.41, 5.74) is 6.30. The molecule has 0 aliphatic rings. The molecule has 0 amide bonds. The number of aromatic amines is 1. The normalized spacial score (nSPS) is 10.3. The van der Waals surface area contributed by atoms with Crippen molar-refractivity contribution in [3.63, 3.8) is 0 Å². The van der Waals surface area contributed by atoms with Crippen LogP contribution in [0.2, 0.25) is 0 Å². The van der Waals surface area contributed by atoms with Gasteiger partial charge < -0.3 is 10.5 Å².